The van der Waals surface area contributed by atoms with Gasteiger partial charge in [0.05, 0.1) is 12.8 Å². The molecule has 2 aromatic rings. The van der Waals surface area contributed by atoms with Crippen molar-refractivity contribution in [1.29, 1.82) is 0 Å². The van der Waals surface area contributed by atoms with E-state index < -0.39 is 0 Å². The summed E-state index contributed by atoms with van der Waals surface area (Å²) >= 11 is 0. The van der Waals surface area contributed by atoms with Crippen LogP contribution in [0.5, 0.6) is 5.75 Å². The maximum absolute atomic E-state index is 5.73. The van der Waals surface area contributed by atoms with E-state index in [1.165, 1.54) is 0 Å². The Kier molecular flexibility index (Phi) is 5.04. The molecule has 0 saturated heterocycles. The summed E-state index contributed by atoms with van der Waals surface area (Å²) in [6.07, 6.45) is 1.72. The second-order valence-corrected chi connectivity index (χ2v) is 5.00. The van der Waals surface area contributed by atoms with E-state index in [-0.39, 0.29) is 0 Å². The van der Waals surface area contributed by atoms with E-state index in [4.69, 9.17) is 9.15 Å². The molecule has 0 radical (unpaired) electrons. The Bertz CT molecular complexity index is 477. The van der Waals surface area contributed by atoms with Crippen LogP contribution in [0.1, 0.15) is 25.2 Å². The van der Waals surface area contributed by atoms with Crippen LogP contribution in [0.2, 0.25) is 0 Å². The Balaban J connectivity index is 1.85. The van der Waals surface area contributed by atoms with Crippen molar-refractivity contribution in [2.24, 2.45) is 5.92 Å². The molecule has 1 N–H and O–H groups in total. The van der Waals surface area contributed by atoms with Crippen LogP contribution in [-0.4, -0.2) is 6.54 Å². The molecule has 0 atom stereocenters. The minimum atomic E-state index is 0.541. The van der Waals surface area contributed by atoms with Gasteiger partial charge in [-0.1, -0.05) is 32.0 Å². The molecule has 3 heteroatoms. The highest BCUT2D eigenvalue weighted by Gasteiger charge is 2.07. The highest BCUT2D eigenvalue weighted by molar-refractivity contribution is 5.23. The SMILES string of the molecule is CC(C)CNCc1occc1COc1ccccc1. The van der Waals surface area contributed by atoms with E-state index in [0.717, 1.165) is 30.2 Å². The van der Waals surface area contributed by atoms with E-state index in [0.29, 0.717) is 12.5 Å². The molecule has 0 aliphatic carbocycles. The van der Waals surface area contributed by atoms with E-state index in [1.54, 1.807) is 6.26 Å². The predicted octanol–water partition coefficient (Wildman–Crippen LogP) is 3.60. The monoisotopic (exact) mass is 259 g/mol. The van der Waals surface area contributed by atoms with Gasteiger partial charge in [-0.3, -0.25) is 0 Å². The van der Waals surface area contributed by atoms with E-state index in [1.807, 2.05) is 36.4 Å². The lowest BCUT2D eigenvalue weighted by molar-refractivity contribution is 0.301. The lowest BCUT2D eigenvalue weighted by atomic mass is 10.2. The van der Waals surface area contributed by atoms with Gasteiger partial charge in [-0.25, -0.2) is 0 Å². The van der Waals surface area contributed by atoms with Crippen molar-refractivity contribution in [3.8, 4) is 5.75 Å². The van der Waals surface area contributed by atoms with Gasteiger partial charge in [0.15, 0.2) is 0 Å². The Hall–Kier alpha value is -1.74. The van der Waals surface area contributed by atoms with Crippen molar-refractivity contribution >= 4 is 0 Å². The third kappa shape index (κ3) is 4.45. The summed E-state index contributed by atoms with van der Waals surface area (Å²) in [5.41, 5.74) is 1.10. The van der Waals surface area contributed by atoms with Crippen LogP contribution < -0.4 is 10.1 Å². The molecule has 0 aliphatic heterocycles. The molecule has 0 aliphatic rings. The third-order valence-electron chi connectivity index (χ3n) is 2.81. The summed E-state index contributed by atoms with van der Waals surface area (Å²) in [5.74, 6) is 2.47. The fraction of sp³-hybridized carbons (Fsp3) is 0.375. The third-order valence-corrected chi connectivity index (χ3v) is 2.81. The largest absolute Gasteiger partial charge is 0.489 e. The molecular weight excluding hydrogens is 238 g/mol. The summed E-state index contributed by atoms with van der Waals surface area (Å²) in [6, 6.07) is 11.8. The van der Waals surface area contributed by atoms with Gasteiger partial charge in [0.1, 0.15) is 18.1 Å². The molecule has 0 fully saturated rings. The summed E-state index contributed by atoms with van der Waals surface area (Å²) < 4.78 is 11.2. The first-order valence-electron chi connectivity index (χ1n) is 6.69. The van der Waals surface area contributed by atoms with Crippen molar-refractivity contribution in [3.63, 3.8) is 0 Å². The number of furan rings is 1. The van der Waals surface area contributed by atoms with Gasteiger partial charge < -0.3 is 14.5 Å². The molecule has 0 bridgehead atoms. The van der Waals surface area contributed by atoms with Crippen LogP contribution in [-0.2, 0) is 13.2 Å². The maximum Gasteiger partial charge on any atom is 0.124 e. The van der Waals surface area contributed by atoms with Crippen LogP contribution in [0.15, 0.2) is 47.1 Å². The zero-order valence-electron chi connectivity index (χ0n) is 11.6. The molecule has 1 aromatic carbocycles. The van der Waals surface area contributed by atoms with Gasteiger partial charge in [0.2, 0.25) is 0 Å². The van der Waals surface area contributed by atoms with E-state index in [9.17, 15) is 0 Å². The minimum Gasteiger partial charge on any atom is -0.489 e. The number of ether oxygens (including phenoxy) is 1. The van der Waals surface area contributed by atoms with Crippen molar-refractivity contribution in [2.75, 3.05) is 6.54 Å². The number of rotatable bonds is 7. The van der Waals surface area contributed by atoms with Crippen LogP contribution in [0.3, 0.4) is 0 Å². The Morgan fingerprint density at radius 1 is 1.16 bits per heavy atom. The summed E-state index contributed by atoms with van der Waals surface area (Å²) in [4.78, 5) is 0. The zero-order valence-corrected chi connectivity index (χ0v) is 11.6. The fourth-order valence-corrected chi connectivity index (χ4v) is 1.80. The van der Waals surface area contributed by atoms with Crippen LogP contribution in [0, 0.1) is 5.92 Å². The number of hydrogen-bond acceptors (Lipinski definition) is 3. The van der Waals surface area contributed by atoms with E-state index in [2.05, 4.69) is 19.2 Å². The number of para-hydroxylation sites is 1. The highest BCUT2D eigenvalue weighted by Crippen LogP contribution is 2.15. The van der Waals surface area contributed by atoms with Gasteiger partial charge in [-0.2, -0.15) is 0 Å². The lowest BCUT2D eigenvalue weighted by Crippen LogP contribution is -2.19. The molecule has 0 saturated carbocycles. The van der Waals surface area contributed by atoms with Gasteiger partial charge in [0, 0.05) is 5.56 Å². The van der Waals surface area contributed by atoms with E-state index >= 15 is 0 Å². The number of benzene rings is 1. The van der Waals surface area contributed by atoms with Gasteiger partial charge >= 0.3 is 0 Å². The van der Waals surface area contributed by atoms with Crippen molar-refractivity contribution in [1.82, 2.24) is 5.32 Å². The molecule has 2 rings (SSSR count). The summed E-state index contributed by atoms with van der Waals surface area (Å²) in [6.45, 7) is 6.65. The standard InChI is InChI=1S/C16H21NO2/c1-13(2)10-17-11-16-14(8-9-18-16)12-19-15-6-4-3-5-7-15/h3-9,13,17H,10-12H2,1-2H3. The molecule has 1 aromatic heterocycles. The lowest BCUT2D eigenvalue weighted by Gasteiger charge is -2.08. The smallest absolute Gasteiger partial charge is 0.124 e. The molecule has 3 nitrogen and oxygen atoms in total. The minimum absolute atomic E-state index is 0.541. The summed E-state index contributed by atoms with van der Waals surface area (Å²) in [5, 5.41) is 3.38. The number of nitrogens with one attached hydrogen (secondary N) is 1. The average Bonchev–Trinajstić information content (AvgIpc) is 2.85. The van der Waals surface area contributed by atoms with Crippen LogP contribution >= 0.6 is 0 Å². The van der Waals surface area contributed by atoms with Crippen molar-refractivity contribution in [2.45, 2.75) is 27.0 Å². The van der Waals surface area contributed by atoms with Crippen LogP contribution in [0.4, 0.5) is 0 Å². The predicted molar refractivity (Wildman–Crippen MR) is 76.0 cm³/mol. The number of hydrogen-bond donors (Lipinski definition) is 1. The normalized spacial score (nSPS) is 10.9. The maximum atomic E-state index is 5.73. The molecule has 0 amide bonds. The molecule has 0 unspecified atom stereocenters. The Morgan fingerprint density at radius 3 is 2.68 bits per heavy atom. The first-order valence-corrected chi connectivity index (χ1v) is 6.69. The van der Waals surface area contributed by atoms with Gasteiger partial charge in [0.25, 0.3) is 0 Å². The quantitative estimate of drug-likeness (QED) is 0.825. The Labute approximate surface area is 114 Å². The van der Waals surface area contributed by atoms with Crippen molar-refractivity contribution in [3.05, 3.63) is 54.0 Å². The molecule has 0 spiro atoms. The topological polar surface area (TPSA) is 34.4 Å². The highest BCUT2D eigenvalue weighted by atomic mass is 16.5. The van der Waals surface area contributed by atoms with Gasteiger partial charge in [-0.15, -0.1) is 0 Å². The second kappa shape index (κ2) is 7.00. The van der Waals surface area contributed by atoms with Crippen LogP contribution in [0.25, 0.3) is 0 Å². The fourth-order valence-electron chi connectivity index (χ4n) is 1.80. The second-order valence-electron chi connectivity index (χ2n) is 5.00. The molecule has 102 valence electrons. The summed E-state index contributed by atoms with van der Waals surface area (Å²) in [7, 11) is 0. The average molecular weight is 259 g/mol. The zero-order chi connectivity index (χ0) is 13.5. The van der Waals surface area contributed by atoms with Gasteiger partial charge in [-0.05, 0) is 30.7 Å². The first kappa shape index (κ1) is 13.7. The van der Waals surface area contributed by atoms with Crippen molar-refractivity contribution < 1.29 is 9.15 Å². The first-order chi connectivity index (χ1) is 9.25. The Morgan fingerprint density at radius 2 is 1.95 bits per heavy atom. The molecule has 19 heavy (non-hydrogen) atoms. The molecule has 1 heterocycles. The molecular formula is C16H21NO2.